The van der Waals surface area contributed by atoms with Crippen molar-refractivity contribution < 1.29 is 24.2 Å². The number of carbonyl (C=O) groups excluding carboxylic acids is 1. The minimum atomic E-state index is -0.925. The van der Waals surface area contributed by atoms with Crippen LogP contribution in [0.4, 0.5) is 0 Å². The van der Waals surface area contributed by atoms with Crippen molar-refractivity contribution in [2.75, 3.05) is 40.4 Å². The zero-order chi connectivity index (χ0) is 20.1. The highest BCUT2D eigenvalue weighted by Gasteiger charge is 2.23. The van der Waals surface area contributed by atoms with Crippen molar-refractivity contribution in [3.63, 3.8) is 0 Å². The molecule has 0 atom stereocenters. The third kappa shape index (κ3) is 4.61. The van der Waals surface area contributed by atoms with Crippen molar-refractivity contribution in [1.29, 1.82) is 0 Å². The molecule has 2 aromatic rings. The average Bonchev–Trinajstić information content (AvgIpc) is 2.73. The maximum absolute atomic E-state index is 12.9. The molecule has 2 aromatic carbocycles. The number of nitrogens with zero attached hydrogens (tertiary/aromatic N) is 2. The molecule has 0 unspecified atom stereocenters. The lowest BCUT2D eigenvalue weighted by atomic mass is 10.1. The van der Waals surface area contributed by atoms with Crippen molar-refractivity contribution in [1.82, 2.24) is 9.80 Å². The Hall–Kier alpha value is -3.06. The summed E-state index contributed by atoms with van der Waals surface area (Å²) < 4.78 is 10.5. The Balaban J connectivity index is 1.61. The van der Waals surface area contributed by atoms with Crippen molar-refractivity contribution in [2.24, 2.45) is 0 Å². The van der Waals surface area contributed by atoms with Gasteiger partial charge in [-0.3, -0.25) is 9.69 Å². The molecule has 1 amide bonds. The number of rotatable bonds is 6. The SMILES string of the molecule is COc1cc(OC)cc(C(=O)N2CCN(Cc3cccc(C(=O)O)c3)CC2)c1. The maximum Gasteiger partial charge on any atom is 0.335 e. The second-order valence-electron chi connectivity index (χ2n) is 6.68. The Morgan fingerprint density at radius 3 is 2.14 bits per heavy atom. The lowest BCUT2D eigenvalue weighted by molar-refractivity contribution is 0.0625. The number of aromatic carboxylic acids is 1. The number of carboxylic acid groups (broad SMARTS) is 1. The van der Waals surface area contributed by atoms with Crippen LogP contribution in [0.15, 0.2) is 42.5 Å². The molecule has 0 aromatic heterocycles. The van der Waals surface area contributed by atoms with Gasteiger partial charge in [-0.2, -0.15) is 0 Å². The molecule has 148 valence electrons. The first-order chi connectivity index (χ1) is 13.5. The molecule has 7 heteroatoms. The number of methoxy groups -OCH3 is 2. The first-order valence-corrected chi connectivity index (χ1v) is 9.07. The van der Waals surface area contributed by atoms with E-state index >= 15 is 0 Å². The zero-order valence-electron chi connectivity index (χ0n) is 16.1. The van der Waals surface area contributed by atoms with E-state index in [0.717, 1.165) is 18.7 Å². The van der Waals surface area contributed by atoms with Crippen LogP contribution >= 0.6 is 0 Å². The fourth-order valence-electron chi connectivity index (χ4n) is 3.28. The number of piperazine rings is 1. The standard InChI is InChI=1S/C21H24N2O5/c1-27-18-11-17(12-19(13-18)28-2)20(24)23-8-6-22(7-9-23)14-15-4-3-5-16(10-15)21(25)26/h3-5,10-13H,6-9,14H2,1-2H3,(H,25,26). The predicted molar refractivity (Wildman–Crippen MR) is 104 cm³/mol. The largest absolute Gasteiger partial charge is 0.497 e. The molecule has 1 aliphatic rings. The van der Waals surface area contributed by atoms with Gasteiger partial charge in [-0.1, -0.05) is 12.1 Å². The number of amides is 1. The fourth-order valence-corrected chi connectivity index (χ4v) is 3.28. The average molecular weight is 384 g/mol. The van der Waals surface area contributed by atoms with Crippen LogP contribution < -0.4 is 9.47 Å². The molecule has 7 nitrogen and oxygen atoms in total. The highest BCUT2D eigenvalue weighted by atomic mass is 16.5. The van der Waals surface area contributed by atoms with Gasteiger partial charge in [0.05, 0.1) is 19.8 Å². The van der Waals surface area contributed by atoms with E-state index in [0.29, 0.717) is 42.3 Å². The third-order valence-corrected chi connectivity index (χ3v) is 4.84. The number of hydrogen-bond acceptors (Lipinski definition) is 5. The fraction of sp³-hybridized carbons (Fsp3) is 0.333. The van der Waals surface area contributed by atoms with Crippen LogP contribution in [0.1, 0.15) is 26.3 Å². The molecule has 0 radical (unpaired) electrons. The number of benzene rings is 2. The van der Waals surface area contributed by atoms with Crippen molar-refractivity contribution in [2.45, 2.75) is 6.54 Å². The van der Waals surface area contributed by atoms with Crippen molar-refractivity contribution in [3.05, 3.63) is 59.2 Å². The molecule has 0 bridgehead atoms. The Kier molecular flexibility index (Phi) is 6.16. The van der Waals surface area contributed by atoms with Gasteiger partial charge < -0.3 is 19.5 Å². The van der Waals surface area contributed by atoms with E-state index in [1.807, 2.05) is 11.0 Å². The molecule has 1 aliphatic heterocycles. The third-order valence-electron chi connectivity index (χ3n) is 4.84. The molecule has 1 saturated heterocycles. The Morgan fingerprint density at radius 2 is 1.57 bits per heavy atom. The van der Waals surface area contributed by atoms with E-state index in [4.69, 9.17) is 14.6 Å². The van der Waals surface area contributed by atoms with Crippen LogP contribution in [-0.2, 0) is 6.54 Å². The Bertz CT molecular complexity index is 837. The summed E-state index contributed by atoms with van der Waals surface area (Å²) in [7, 11) is 3.11. The second kappa shape index (κ2) is 8.75. The summed E-state index contributed by atoms with van der Waals surface area (Å²) in [5.74, 6) is 0.190. The Labute approximate surface area is 164 Å². The number of ether oxygens (including phenoxy) is 2. The number of carbonyl (C=O) groups is 2. The molecule has 1 heterocycles. The predicted octanol–water partition coefficient (Wildman–Crippen LogP) is 2.36. The van der Waals surface area contributed by atoms with Crippen LogP contribution in [-0.4, -0.2) is 67.2 Å². The van der Waals surface area contributed by atoms with Crippen LogP contribution in [0.25, 0.3) is 0 Å². The van der Waals surface area contributed by atoms with Gasteiger partial charge in [0, 0.05) is 44.4 Å². The highest BCUT2D eigenvalue weighted by molar-refractivity contribution is 5.95. The summed E-state index contributed by atoms with van der Waals surface area (Å²) in [6, 6.07) is 12.1. The topological polar surface area (TPSA) is 79.3 Å². The van der Waals surface area contributed by atoms with Gasteiger partial charge in [0.2, 0.25) is 0 Å². The van der Waals surface area contributed by atoms with Gasteiger partial charge in [0.15, 0.2) is 0 Å². The summed E-state index contributed by atoms with van der Waals surface area (Å²) >= 11 is 0. The number of carboxylic acids is 1. The summed E-state index contributed by atoms with van der Waals surface area (Å²) in [5, 5.41) is 9.12. The molecule has 1 N–H and O–H groups in total. The van der Waals surface area contributed by atoms with Crippen LogP contribution in [0.3, 0.4) is 0 Å². The molecule has 0 aliphatic carbocycles. The first kappa shape index (κ1) is 19.7. The van der Waals surface area contributed by atoms with Gasteiger partial charge in [0.25, 0.3) is 5.91 Å². The molecular formula is C21H24N2O5. The van der Waals surface area contributed by atoms with Crippen LogP contribution in [0.2, 0.25) is 0 Å². The van der Waals surface area contributed by atoms with Crippen molar-refractivity contribution >= 4 is 11.9 Å². The van der Waals surface area contributed by atoms with Gasteiger partial charge in [0.1, 0.15) is 11.5 Å². The quantitative estimate of drug-likeness (QED) is 0.824. The summed E-state index contributed by atoms with van der Waals surface area (Å²) in [6.45, 7) is 3.33. The van der Waals surface area contributed by atoms with Gasteiger partial charge in [-0.25, -0.2) is 4.79 Å². The van der Waals surface area contributed by atoms with Crippen LogP contribution in [0.5, 0.6) is 11.5 Å². The van der Waals surface area contributed by atoms with E-state index < -0.39 is 5.97 Å². The van der Waals surface area contributed by atoms with Gasteiger partial charge >= 0.3 is 5.97 Å². The van der Waals surface area contributed by atoms with E-state index in [1.54, 1.807) is 50.6 Å². The zero-order valence-corrected chi connectivity index (χ0v) is 16.1. The Morgan fingerprint density at radius 1 is 0.929 bits per heavy atom. The van der Waals surface area contributed by atoms with Crippen molar-refractivity contribution in [3.8, 4) is 11.5 Å². The second-order valence-corrected chi connectivity index (χ2v) is 6.68. The molecule has 0 saturated carbocycles. The highest BCUT2D eigenvalue weighted by Crippen LogP contribution is 2.24. The monoisotopic (exact) mass is 384 g/mol. The van der Waals surface area contributed by atoms with E-state index in [2.05, 4.69) is 4.90 Å². The normalized spacial score (nSPS) is 14.6. The summed E-state index contributed by atoms with van der Waals surface area (Å²) in [5.41, 5.74) is 1.79. The first-order valence-electron chi connectivity index (χ1n) is 9.07. The molecule has 0 spiro atoms. The minimum Gasteiger partial charge on any atom is -0.497 e. The van der Waals surface area contributed by atoms with E-state index in [-0.39, 0.29) is 5.91 Å². The summed E-state index contributed by atoms with van der Waals surface area (Å²) in [6.07, 6.45) is 0. The maximum atomic E-state index is 12.9. The molecule has 3 rings (SSSR count). The smallest absolute Gasteiger partial charge is 0.335 e. The van der Waals surface area contributed by atoms with E-state index in [1.165, 1.54) is 0 Å². The van der Waals surface area contributed by atoms with Crippen LogP contribution in [0, 0.1) is 0 Å². The number of hydrogen-bond donors (Lipinski definition) is 1. The summed E-state index contributed by atoms with van der Waals surface area (Å²) in [4.78, 5) is 28.0. The molecule has 28 heavy (non-hydrogen) atoms. The molecule has 1 fully saturated rings. The van der Waals surface area contributed by atoms with Gasteiger partial charge in [-0.15, -0.1) is 0 Å². The lowest BCUT2D eigenvalue weighted by Crippen LogP contribution is -2.48. The van der Waals surface area contributed by atoms with Gasteiger partial charge in [-0.05, 0) is 29.8 Å². The lowest BCUT2D eigenvalue weighted by Gasteiger charge is -2.35. The minimum absolute atomic E-state index is 0.0512. The molecular weight excluding hydrogens is 360 g/mol. The van der Waals surface area contributed by atoms with E-state index in [9.17, 15) is 9.59 Å².